The van der Waals surface area contributed by atoms with Crippen LogP contribution in [0.15, 0.2) is 0 Å². The van der Waals surface area contributed by atoms with Crippen LogP contribution in [0, 0.1) is 0 Å². The van der Waals surface area contributed by atoms with E-state index in [1.165, 1.54) is 0 Å². The molecule has 0 bridgehead atoms. The molecule has 3 nitrogen and oxygen atoms in total. The lowest BCUT2D eigenvalue weighted by Gasteiger charge is -2.33. The molecule has 0 rings (SSSR count). The van der Waals surface area contributed by atoms with Gasteiger partial charge in [-0.3, -0.25) is 9.59 Å². The minimum atomic E-state index is -7.01. The zero-order valence-electron chi connectivity index (χ0n) is 13.6. The van der Waals surface area contributed by atoms with Gasteiger partial charge in [-0.1, -0.05) is 26.2 Å². The molecule has 12 heteroatoms. The molecule has 0 radical (unpaired) electrons. The molecule has 0 N–H and O–H groups in total. The van der Waals surface area contributed by atoms with Crippen molar-refractivity contribution in [2.45, 2.75) is 75.8 Å². The van der Waals surface area contributed by atoms with Crippen molar-refractivity contribution in [1.29, 1.82) is 0 Å². The fourth-order valence-electron chi connectivity index (χ4n) is 1.75. The Labute approximate surface area is 142 Å². The van der Waals surface area contributed by atoms with E-state index in [0.29, 0.717) is 12.8 Å². The van der Waals surface area contributed by atoms with E-state index in [-0.39, 0.29) is 6.42 Å². The zero-order valence-corrected chi connectivity index (χ0v) is 13.6. The van der Waals surface area contributed by atoms with Crippen molar-refractivity contribution in [3.05, 3.63) is 0 Å². The Kier molecular flexibility index (Phi) is 8.42. The molecular formula is C14H17F9O3. The van der Waals surface area contributed by atoms with Crippen LogP contribution >= 0.6 is 0 Å². The monoisotopic (exact) mass is 404 g/mol. The molecule has 0 spiro atoms. The number of hydrogen-bond donors (Lipinski definition) is 0. The second kappa shape index (κ2) is 8.94. The van der Waals surface area contributed by atoms with Gasteiger partial charge in [0.1, 0.15) is 0 Å². The lowest BCUT2D eigenvalue weighted by molar-refractivity contribution is -0.396. The summed E-state index contributed by atoms with van der Waals surface area (Å²) in [6, 6.07) is 0. The Balaban J connectivity index is 4.72. The smallest absolute Gasteiger partial charge is 0.393 e. The molecule has 0 saturated carbocycles. The molecule has 0 fully saturated rings. The van der Waals surface area contributed by atoms with E-state index in [2.05, 4.69) is 4.74 Å². The Morgan fingerprint density at radius 3 is 1.69 bits per heavy atom. The van der Waals surface area contributed by atoms with Crippen LogP contribution in [0.3, 0.4) is 0 Å². The summed E-state index contributed by atoms with van der Waals surface area (Å²) < 4.78 is 117. The topological polar surface area (TPSA) is 43.4 Å². The highest BCUT2D eigenvalue weighted by atomic mass is 19.4. The van der Waals surface area contributed by atoms with Crippen LogP contribution in [-0.4, -0.2) is 35.9 Å². The maximum absolute atomic E-state index is 13.2. The van der Waals surface area contributed by atoms with Crippen LogP contribution in [0.4, 0.5) is 39.5 Å². The molecule has 0 aromatic heterocycles. The molecule has 0 aliphatic carbocycles. The molecule has 0 saturated heterocycles. The average Bonchev–Trinajstić information content (AvgIpc) is 2.48. The third kappa shape index (κ3) is 6.04. The second-order valence-corrected chi connectivity index (χ2v) is 5.51. The van der Waals surface area contributed by atoms with E-state index in [1.54, 1.807) is 0 Å². The molecule has 0 aliphatic heterocycles. The van der Waals surface area contributed by atoms with Crippen molar-refractivity contribution >= 4 is 11.9 Å². The number of carbonyl (C=O) groups is 2. The number of halogens is 9. The first-order valence-corrected chi connectivity index (χ1v) is 7.54. The summed E-state index contributed by atoms with van der Waals surface area (Å²) in [6.45, 7) is 1.88. The Bertz CT molecular complexity index is 487. The number of hydrogen-bond acceptors (Lipinski definition) is 3. The largest absolute Gasteiger partial charge is 0.460 e. The Hall–Kier alpha value is -1.49. The first-order valence-electron chi connectivity index (χ1n) is 7.54. The number of rotatable bonds is 10. The minimum Gasteiger partial charge on any atom is -0.393 e. The molecule has 0 aliphatic rings. The van der Waals surface area contributed by atoms with Crippen LogP contribution in [0.25, 0.3) is 0 Å². The summed E-state index contributed by atoms with van der Waals surface area (Å²) in [7, 11) is 0. The molecular weight excluding hydrogens is 387 g/mol. The van der Waals surface area contributed by atoms with Crippen molar-refractivity contribution in [3.8, 4) is 0 Å². The summed E-state index contributed by atoms with van der Waals surface area (Å²) in [5.41, 5.74) is 0. The van der Waals surface area contributed by atoms with Crippen LogP contribution < -0.4 is 0 Å². The number of unbranched alkanes of at least 4 members (excludes halogenated alkanes) is 3. The van der Waals surface area contributed by atoms with Crippen molar-refractivity contribution in [2.75, 3.05) is 0 Å². The highest BCUT2D eigenvalue weighted by molar-refractivity contribution is 5.85. The summed E-state index contributed by atoms with van der Waals surface area (Å²) >= 11 is 0. The normalized spacial score (nSPS) is 13.6. The summed E-state index contributed by atoms with van der Waals surface area (Å²) in [4.78, 5) is 22.3. The number of alkyl halides is 9. The molecule has 26 heavy (non-hydrogen) atoms. The fraction of sp³-hybridized carbons (Fsp3) is 0.857. The van der Waals surface area contributed by atoms with Crippen molar-refractivity contribution < 1.29 is 53.8 Å². The highest BCUT2D eigenvalue weighted by Crippen LogP contribution is 2.54. The van der Waals surface area contributed by atoms with Crippen LogP contribution in [-0.2, 0) is 14.3 Å². The maximum atomic E-state index is 13.2. The predicted molar refractivity (Wildman–Crippen MR) is 70.0 cm³/mol. The Morgan fingerprint density at radius 1 is 0.731 bits per heavy atom. The maximum Gasteiger partial charge on any atom is 0.460 e. The van der Waals surface area contributed by atoms with E-state index in [4.69, 9.17) is 0 Å². The van der Waals surface area contributed by atoms with Gasteiger partial charge in [-0.25, -0.2) is 0 Å². The van der Waals surface area contributed by atoms with Gasteiger partial charge in [0.25, 0.3) is 0 Å². The number of carbonyl (C=O) groups excluding carboxylic acids is 2. The van der Waals surface area contributed by atoms with Gasteiger partial charge in [-0.05, 0) is 6.42 Å². The van der Waals surface area contributed by atoms with Gasteiger partial charge in [-0.2, -0.15) is 39.5 Å². The van der Waals surface area contributed by atoms with E-state index >= 15 is 0 Å². The third-order valence-electron chi connectivity index (χ3n) is 3.31. The third-order valence-corrected chi connectivity index (χ3v) is 3.31. The summed E-state index contributed by atoms with van der Waals surface area (Å²) in [5, 5.41) is 0. The van der Waals surface area contributed by atoms with Crippen LogP contribution in [0.1, 0.15) is 51.9 Å². The van der Waals surface area contributed by atoms with Gasteiger partial charge in [0.2, 0.25) is 0 Å². The second-order valence-electron chi connectivity index (χ2n) is 5.51. The summed E-state index contributed by atoms with van der Waals surface area (Å²) in [5.74, 6) is -22.5. The molecule has 0 aromatic carbocycles. The Morgan fingerprint density at radius 2 is 1.23 bits per heavy atom. The van der Waals surface area contributed by atoms with E-state index in [9.17, 15) is 49.1 Å². The SMILES string of the molecule is CCCCCCC(=O)OC(=O)CCC(F)(F)C(F)(F)C(F)(F)C(F)(F)F. The first-order chi connectivity index (χ1) is 11.6. The average molecular weight is 404 g/mol. The van der Waals surface area contributed by atoms with Crippen molar-refractivity contribution in [2.24, 2.45) is 0 Å². The molecule has 0 amide bonds. The molecule has 0 atom stereocenters. The van der Waals surface area contributed by atoms with E-state index < -0.39 is 48.7 Å². The van der Waals surface area contributed by atoms with Gasteiger partial charge in [0.15, 0.2) is 0 Å². The van der Waals surface area contributed by atoms with Crippen LogP contribution in [0.2, 0.25) is 0 Å². The first kappa shape index (κ1) is 24.5. The lowest BCUT2D eigenvalue weighted by Crippen LogP contribution is -2.60. The van der Waals surface area contributed by atoms with Crippen LogP contribution in [0.5, 0.6) is 0 Å². The molecule has 0 aromatic rings. The lowest BCUT2D eigenvalue weighted by atomic mass is 10.00. The van der Waals surface area contributed by atoms with Gasteiger partial charge < -0.3 is 4.74 Å². The highest BCUT2D eigenvalue weighted by Gasteiger charge is 2.81. The standard InChI is InChI=1S/C14H17F9O3/c1-2-3-4-5-6-9(24)26-10(25)7-8-11(15,16)12(17,18)13(19,20)14(21,22)23/h2-8H2,1H3. The predicted octanol–water partition coefficient (Wildman–Crippen LogP) is 5.28. The van der Waals surface area contributed by atoms with Gasteiger partial charge in [0, 0.05) is 12.8 Å². The number of esters is 2. The molecule has 0 heterocycles. The quantitative estimate of drug-likeness (QED) is 0.216. The molecule has 0 unspecified atom stereocenters. The van der Waals surface area contributed by atoms with E-state index in [0.717, 1.165) is 12.8 Å². The van der Waals surface area contributed by atoms with Crippen molar-refractivity contribution in [1.82, 2.24) is 0 Å². The van der Waals surface area contributed by atoms with Gasteiger partial charge >= 0.3 is 35.9 Å². The van der Waals surface area contributed by atoms with E-state index in [1.807, 2.05) is 6.92 Å². The minimum absolute atomic E-state index is 0.259. The number of ether oxygens (including phenoxy) is 1. The summed E-state index contributed by atoms with van der Waals surface area (Å²) in [6.07, 6.45) is -8.65. The van der Waals surface area contributed by atoms with Crippen molar-refractivity contribution in [3.63, 3.8) is 0 Å². The fourth-order valence-corrected chi connectivity index (χ4v) is 1.75. The van der Waals surface area contributed by atoms with Gasteiger partial charge in [-0.15, -0.1) is 0 Å². The van der Waals surface area contributed by atoms with Gasteiger partial charge in [0.05, 0.1) is 6.42 Å². The molecule has 154 valence electrons. The zero-order chi connectivity index (χ0) is 20.8.